The lowest BCUT2D eigenvalue weighted by Gasteiger charge is -2.10. The van der Waals surface area contributed by atoms with Gasteiger partial charge in [-0.25, -0.2) is 13.1 Å². The maximum absolute atomic E-state index is 12.2. The molecule has 0 aliphatic rings. The van der Waals surface area contributed by atoms with Crippen LogP contribution in [0.1, 0.15) is 19.4 Å². The second-order valence-corrected chi connectivity index (χ2v) is 8.84. The van der Waals surface area contributed by atoms with Crippen LogP contribution in [-0.4, -0.2) is 14.5 Å². The molecule has 1 aromatic heterocycles. The second kappa shape index (κ2) is 7.19. The van der Waals surface area contributed by atoms with Crippen molar-refractivity contribution in [1.29, 1.82) is 0 Å². The highest BCUT2D eigenvalue weighted by atomic mass is 35.5. The standard InChI is InChI=1S/C14H15Cl2NO3S2/c1-9(2)20-11-5-3-10(4-6-11)8-17-22(18,19)12-7-13(15)21-14(12)16/h3-7,9,17H,8H2,1-2H3. The first-order valence-electron chi connectivity index (χ1n) is 6.48. The molecule has 0 aliphatic carbocycles. The maximum atomic E-state index is 12.2. The predicted octanol–water partition coefficient (Wildman–Crippen LogP) is 4.32. The second-order valence-electron chi connectivity index (χ2n) is 4.82. The molecule has 0 bridgehead atoms. The molecule has 22 heavy (non-hydrogen) atoms. The monoisotopic (exact) mass is 379 g/mol. The highest BCUT2D eigenvalue weighted by molar-refractivity contribution is 7.89. The molecule has 8 heteroatoms. The van der Waals surface area contributed by atoms with Crippen LogP contribution in [0.15, 0.2) is 35.2 Å². The van der Waals surface area contributed by atoms with E-state index in [1.807, 2.05) is 26.0 Å². The van der Waals surface area contributed by atoms with E-state index in [4.69, 9.17) is 27.9 Å². The minimum atomic E-state index is -3.68. The summed E-state index contributed by atoms with van der Waals surface area (Å²) in [6.45, 7) is 4.05. The van der Waals surface area contributed by atoms with Crippen LogP contribution in [0.3, 0.4) is 0 Å². The number of sulfonamides is 1. The van der Waals surface area contributed by atoms with Crippen molar-refractivity contribution in [2.45, 2.75) is 31.4 Å². The molecule has 2 rings (SSSR count). The van der Waals surface area contributed by atoms with Crippen molar-refractivity contribution in [3.05, 3.63) is 44.6 Å². The predicted molar refractivity (Wildman–Crippen MR) is 90.6 cm³/mol. The Bertz CT molecular complexity index is 740. The summed E-state index contributed by atoms with van der Waals surface area (Å²) in [5, 5.41) is 0. The molecule has 1 heterocycles. The zero-order valence-electron chi connectivity index (χ0n) is 12.0. The summed E-state index contributed by atoms with van der Waals surface area (Å²) in [7, 11) is -3.68. The Hall–Kier alpha value is -0.790. The third-order valence-electron chi connectivity index (χ3n) is 2.68. The van der Waals surface area contributed by atoms with Gasteiger partial charge in [0.1, 0.15) is 15.0 Å². The van der Waals surface area contributed by atoms with E-state index in [1.165, 1.54) is 6.07 Å². The molecular weight excluding hydrogens is 365 g/mol. The molecule has 120 valence electrons. The first kappa shape index (κ1) is 17.6. The van der Waals surface area contributed by atoms with Crippen LogP contribution >= 0.6 is 34.5 Å². The lowest BCUT2D eigenvalue weighted by Crippen LogP contribution is -2.23. The van der Waals surface area contributed by atoms with Crippen LogP contribution in [-0.2, 0) is 16.6 Å². The van der Waals surface area contributed by atoms with Gasteiger partial charge in [-0.3, -0.25) is 0 Å². The molecule has 0 saturated carbocycles. The van der Waals surface area contributed by atoms with Gasteiger partial charge in [-0.05, 0) is 37.6 Å². The topological polar surface area (TPSA) is 55.4 Å². The summed E-state index contributed by atoms with van der Waals surface area (Å²) in [5.41, 5.74) is 0.817. The summed E-state index contributed by atoms with van der Waals surface area (Å²) in [6, 6.07) is 8.57. The number of hydrogen-bond donors (Lipinski definition) is 1. The lowest BCUT2D eigenvalue weighted by atomic mass is 10.2. The molecule has 1 aromatic carbocycles. The van der Waals surface area contributed by atoms with Crippen LogP contribution in [0.5, 0.6) is 5.75 Å². The van der Waals surface area contributed by atoms with E-state index < -0.39 is 10.0 Å². The van der Waals surface area contributed by atoms with Crippen molar-refractivity contribution in [3.63, 3.8) is 0 Å². The largest absolute Gasteiger partial charge is 0.491 e. The number of benzene rings is 1. The van der Waals surface area contributed by atoms with Crippen LogP contribution in [0, 0.1) is 0 Å². The van der Waals surface area contributed by atoms with Gasteiger partial charge < -0.3 is 4.74 Å². The Morgan fingerprint density at radius 2 is 1.86 bits per heavy atom. The van der Waals surface area contributed by atoms with Gasteiger partial charge in [0.15, 0.2) is 0 Å². The third-order valence-corrected chi connectivity index (χ3v) is 5.83. The zero-order valence-corrected chi connectivity index (χ0v) is 15.1. The number of rotatable bonds is 6. The molecular formula is C14H15Cl2NO3S2. The van der Waals surface area contributed by atoms with Gasteiger partial charge in [0.05, 0.1) is 10.4 Å². The molecule has 1 N–H and O–H groups in total. The fourth-order valence-electron chi connectivity index (χ4n) is 1.72. The molecule has 0 aliphatic heterocycles. The van der Waals surface area contributed by atoms with Gasteiger partial charge in [-0.15, -0.1) is 11.3 Å². The molecule has 0 radical (unpaired) electrons. The number of ether oxygens (including phenoxy) is 1. The summed E-state index contributed by atoms with van der Waals surface area (Å²) >= 11 is 12.7. The molecule has 4 nitrogen and oxygen atoms in total. The normalized spacial score (nSPS) is 11.9. The Kier molecular flexibility index (Phi) is 5.74. The quantitative estimate of drug-likeness (QED) is 0.812. The zero-order chi connectivity index (χ0) is 16.3. The van der Waals surface area contributed by atoms with Crippen molar-refractivity contribution in [2.24, 2.45) is 0 Å². The van der Waals surface area contributed by atoms with Crippen molar-refractivity contribution in [2.75, 3.05) is 0 Å². The van der Waals surface area contributed by atoms with Crippen LogP contribution in [0.2, 0.25) is 8.67 Å². The Morgan fingerprint density at radius 3 is 2.36 bits per heavy atom. The van der Waals surface area contributed by atoms with E-state index in [9.17, 15) is 8.42 Å². The van der Waals surface area contributed by atoms with Crippen LogP contribution < -0.4 is 9.46 Å². The molecule has 0 amide bonds. The summed E-state index contributed by atoms with van der Waals surface area (Å²) in [6.07, 6.45) is 0.0924. The van der Waals surface area contributed by atoms with E-state index in [2.05, 4.69) is 4.72 Å². The van der Waals surface area contributed by atoms with Crippen LogP contribution in [0.4, 0.5) is 0 Å². The van der Waals surface area contributed by atoms with Gasteiger partial charge >= 0.3 is 0 Å². The fraction of sp³-hybridized carbons (Fsp3) is 0.286. The van der Waals surface area contributed by atoms with Crippen molar-refractivity contribution < 1.29 is 13.2 Å². The number of halogens is 2. The number of nitrogens with one attached hydrogen (secondary N) is 1. The molecule has 0 spiro atoms. The summed E-state index contributed by atoms with van der Waals surface area (Å²) < 4.78 is 32.9. The first-order valence-corrected chi connectivity index (χ1v) is 9.53. The lowest BCUT2D eigenvalue weighted by molar-refractivity contribution is 0.242. The van der Waals surface area contributed by atoms with Gasteiger partial charge in [0.25, 0.3) is 0 Å². The average Bonchev–Trinajstić information content (AvgIpc) is 2.77. The highest BCUT2D eigenvalue weighted by Crippen LogP contribution is 2.34. The SMILES string of the molecule is CC(C)Oc1ccc(CNS(=O)(=O)c2cc(Cl)sc2Cl)cc1. The average molecular weight is 380 g/mol. The summed E-state index contributed by atoms with van der Waals surface area (Å²) in [4.78, 5) is 0.00364. The maximum Gasteiger partial charge on any atom is 0.243 e. The van der Waals surface area contributed by atoms with E-state index in [0.29, 0.717) is 4.34 Å². The fourth-order valence-corrected chi connectivity index (χ4v) is 4.89. The van der Waals surface area contributed by atoms with Crippen molar-refractivity contribution in [3.8, 4) is 5.75 Å². The Balaban J connectivity index is 2.04. The Labute approximate surface area is 144 Å². The van der Waals surface area contributed by atoms with Gasteiger partial charge in [0, 0.05) is 6.54 Å². The Morgan fingerprint density at radius 1 is 1.23 bits per heavy atom. The van der Waals surface area contributed by atoms with Gasteiger partial charge in [-0.2, -0.15) is 0 Å². The minimum Gasteiger partial charge on any atom is -0.491 e. The van der Waals surface area contributed by atoms with E-state index in [-0.39, 0.29) is 21.9 Å². The molecule has 2 aromatic rings. The van der Waals surface area contributed by atoms with Gasteiger partial charge in [0.2, 0.25) is 10.0 Å². The van der Waals surface area contributed by atoms with Crippen molar-refractivity contribution in [1.82, 2.24) is 4.72 Å². The van der Waals surface area contributed by atoms with E-state index in [0.717, 1.165) is 22.6 Å². The smallest absolute Gasteiger partial charge is 0.243 e. The first-order chi connectivity index (χ1) is 10.3. The minimum absolute atomic E-state index is 0.00364. The molecule has 0 fully saturated rings. The number of hydrogen-bond acceptors (Lipinski definition) is 4. The third kappa shape index (κ3) is 4.60. The highest BCUT2D eigenvalue weighted by Gasteiger charge is 2.20. The molecule has 0 atom stereocenters. The van der Waals surface area contributed by atoms with Gasteiger partial charge in [-0.1, -0.05) is 35.3 Å². The van der Waals surface area contributed by atoms with E-state index in [1.54, 1.807) is 12.1 Å². The van der Waals surface area contributed by atoms with E-state index >= 15 is 0 Å². The number of thiophene rings is 1. The van der Waals surface area contributed by atoms with Crippen molar-refractivity contribution >= 4 is 44.6 Å². The van der Waals surface area contributed by atoms with Crippen LogP contribution in [0.25, 0.3) is 0 Å². The molecule has 0 unspecified atom stereocenters. The summed E-state index contributed by atoms with van der Waals surface area (Å²) in [5.74, 6) is 0.745. The molecule has 0 saturated heterocycles.